The van der Waals surface area contributed by atoms with E-state index in [1.165, 1.54) is 12.1 Å². The van der Waals surface area contributed by atoms with Gasteiger partial charge in [-0.1, -0.05) is 48.1 Å². The van der Waals surface area contributed by atoms with Crippen molar-refractivity contribution in [2.45, 2.75) is 20.1 Å². The zero-order valence-electron chi connectivity index (χ0n) is 16.0. The van der Waals surface area contributed by atoms with Crippen molar-refractivity contribution in [1.29, 1.82) is 0 Å². The molecule has 0 heterocycles. The number of rotatable bonds is 8. The van der Waals surface area contributed by atoms with Crippen molar-refractivity contribution < 1.29 is 13.9 Å². The summed E-state index contributed by atoms with van der Waals surface area (Å²) in [5.74, 6) is 1.02. The van der Waals surface area contributed by atoms with Crippen molar-refractivity contribution in [3.63, 3.8) is 0 Å². The zero-order chi connectivity index (χ0) is 20.6. The van der Waals surface area contributed by atoms with E-state index < -0.39 is 0 Å². The van der Waals surface area contributed by atoms with Gasteiger partial charge >= 0.3 is 0 Å². The molecule has 0 fully saturated rings. The van der Waals surface area contributed by atoms with E-state index in [9.17, 15) is 4.39 Å². The van der Waals surface area contributed by atoms with Gasteiger partial charge in [-0.2, -0.15) is 0 Å². The predicted molar refractivity (Wildman–Crippen MR) is 118 cm³/mol. The highest BCUT2D eigenvalue weighted by Crippen LogP contribution is 2.29. The SMILES string of the molecule is CCOc1cc(C(=S)NCc2ccc(F)cc2)ccc1OCc1ccc(Cl)cc1. The lowest BCUT2D eigenvalue weighted by Crippen LogP contribution is -2.21. The largest absolute Gasteiger partial charge is 0.490 e. The van der Waals surface area contributed by atoms with Crippen LogP contribution in [0.15, 0.2) is 66.7 Å². The molecule has 150 valence electrons. The van der Waals surface area contributed by atoms with E-state index in [0.29, 0.717) is 41.3 Å². The Labute approximate surface area is 180 Å². The topological polar surface area (TPSA) is 30.5 Å². The molecule has 0 saturated carbocycles. The fourth-order valence-corrected chi connectivity index (χ4v) is 2.99. The van der Waals surface area contributed by atoms with Crippen LogP contribution in [0.5, 0.6) is 11.5 Å². The molecule has 1 N–H and O–H groups in total. The molecular weight excluding hydrogens is 409 g/mol. The van der Waals surface area contributed by atoms with Crippen LogP contribution in [0.1, 0.15) is 23.6 Å². The van der Waals surface area contributed by atoms with Gasteiger partial charge in [-0.15, -0.1) is 0 Å². The molecule has 0 aromatic heterocycles. The second-order valence-corrected chi connectivity index (χ2v) is 7.16. The Balaban J connectivity index is 1.66. The fraction of sp³-hybridized carbons (Fsp3) is 0.174. The number of ether oxygens (including phenoxy) is 2. The minimum atomic E-state index is -0.258. The van der Waals surface area contributed by atoms with Crippen molar-refractivity contribution in [1.82, 2.24) is 5.32 Å². The first-order valence-electron chi connectivity index (χ1n) is 9.22. The van der Waals surface area contributed by atoms with Gasteiger partial charge in [0.25, 0.3) is 0 Å². The van der Waals surface area contributed by atoms with E-state index in [4.69, 9.17) is 33.3 Å². The van der Waals surface area contributed by atoms with Crippen LogP contribution in [-0.4, -0.2) is 11.6 Å². The number of hydrogen-bond acceptors (Lipinski definition) is 3. The third-order valence-electron chi connectivity index (χ3n) is 4.18. The summed E-state index contributed by atoms with van der Waals surface area (Å²) in [7, 11) is 0. The van der Waals surface area contributed by atoms with Crippen LogP contribution in [-0.2, 0) is 13.2 Å². The van der Waals surface area contributed by atoms with E-state index in [0.717, 1.165) is 16.7 Å². The maximum absolute atomic E-state index is 13.0. The van der Waals surface area contributed by atoms with Gasteiger partial charge in [0.2, 0.25) is 0 Å². The highest BCUT2D eigenvalue weighted by atomic mass is 35.5. The summed E-state index contributed by atoms with van der Waals surface area (Å²) in [6.07, 6.45) is 0. The number of nitrogens with one attached hydrogen (secondary N) is 1. The third kappa shape index (κ3) is 6.17. The smallest absolute Gasteiger partial charge is 0.161 e. The van der Waals surface area contributed by atoms with Gasteiger partial charge in [-0.3, -0.25) is 0 Å². The van der Waals surface area contributed by atoms with E-state index in [1.807, 2.05) is 49.4 Å². The summed E-state index contributed by atoms with van der Waals surface area (Å²) in [5.41, 5.74) is 2.78. The highest BCUT2D eigenvalue weighted by Gasteiger charge is 2.10. The van der Waals surface area contributed by atoms with E-state index >= 15 is 0 Å². The van der Waals surface area contributed by atoms with Crippen molar-refractivity contribution in [2.75, 3.05) is 6.61 Å². The average Bonchev–Trinajstić information content (AvgIpc) is 2.73. The van der Waals surface area contributed by atoms with Gasteiger partial charge in [0.15, 0.2) is 11.5 Å². The Bertz CT molecular complexity index is 962. The molecule has 0 aliphatic carbocycles. The molecule has 0 amide bonds. The number of halogens is 2. The summed E-state index contributed by atoms with van der Waals surface area (Å²) in [6, 6.07) is 19.4. The van der Waals surface area contributed by atoms with E-state index in [2.05, 4.69) is 5.32 Å². The molecule has 3 aromatic carbocycles. The van der Waals surface area contributed by atoms with Crippen molar-refractivity contribution in [3.05, 3.63) is 94.3 Å². The Hall–Kier alpha value is -2.63. The summed E-state index contributed by atoms with van der Waals surface area (Å²) >= 11 is 11.4. The van der Waals surface area contributed by atoms with Gasteiger partial charge in [-0.25, -0.2) is 4.39 Å². The number of benzene rings is 3. The van der Waals surface area contributed by atoms with Crippen LogP contribution in [0, 0.1) is 5.82 Å². The molecule has 3 nitrogen and oxygen atoms in total. The van der Waals surface area contributed by atoms with Crippen LogP contribution < -0.4 is 14.8 Å². The maximum Gasteiger partial charge on any atom is 0.161 e. The van der Waals surface area contributed by atoms with Gasteiger partial charge in [-0.05, 0) is 60.5 Å². The Kier molecular flexibility index (Phi) is 7.44. The van der Waals surface area contributed by atoms with Crippen LogP contribution in [0.3, 0.4) is 0 Å². The lowest BCUT2D eigenvalue weighted by atomic mass is 10.1. The molecule has 29 heavy (non-hydrogen) atoms. The monoisotopic (exact) mass is 429 g/mol. The minimum absolute atomic E-state index is 0.258. The summed E-state index contributed by atoms with van der Waals surface area (Å²) < 4.78 is 24.7. The molecule has 6 heteroatoms. The van der Waals surface area contributed by atoms with Crippen LogP contribution in [0.25, 0.3) is 0 Å². The quantitative estimate of drug-likeness (QED) is 0.450. The second kappa shape index (κ2) is 10.2. The number of thiocarbonyl (C=S) groups is 1. The standard InChI is InChI=1S/C23H21ClFNO2S/c1-2-27-22-13-18(23(29)26-14-16-5-10-20(25)11-6-16)7-12-21(22)28-15-17-3-8-19(24)9-4-17/h3-13H,2,14-15H2,1H3,(H,26,29). The average molecular weight is 430 g/mol. The fourth-order valence-electron chi connectivity index (χ4n) is 2.67. The van der Waals surface area contributed by atoms with Crippen LogP contribution in [0.2, 0.25) is 5.02 Å². The summed E-state index contributed by atoms with van der Waals surface area (Å²) in [4.78, 5) is 0.583. The zero-order valence-corrected chi connectivity index (χ0v) is 17.5. The van der Waals surface area contributed by atoms with Gasteiger partial charge in [0, 0.05) is 17.1 Å². The molecule has 0 aliphatic rings. The first kappa shape index (κ1) is 21.1. The van der Waals surface area contributed by atoms with Gasteiger partial charge < -0.3 is 14.8 Å². The lowest BCUT2D eigenvalue weighted by molar-refractivity contribution is 0.269. The molecule has 0 saturated heterocycles. The predicted octanol–water partition coefficient (Wildman–Crippen LogP) is 5.92. The minimum Gasteiger partial charge on any atom is -0.490 e. The van der Waals surface area contributed by atoms with Gasteiger partial charge in [0.1, 0.15) is 17.4 Å². The number of hydrogen-bond donors (Lipinski definition) is 1. The maximum atomic E-state index is 13.0. The molecule has 0 spiro atoms. The van der Waals surface area contributed by atoms with Crippen LogP contribution in [0.4, 0.5) is 4.39 Å². The molecule has 0 unspecified atom stereocenters. The summed E-state index contributed by atoms with van der Waals surface area (Å²) in [5, 5.41) is 3.88. The Morgan fingerprint density at radius 2 is 1.62 bits per heavy atom. The summed E-state index contributed by atoms with van der Waals surface area (Å²) in [6.45, 7) is 3.35. The molecule has 0 radical (unpaired) electrons. The Morgan fingerprint density at radius 3 is 2.31 bits per heavy atom. The van der Waals surface area contributed by atoms with Gasteiger partial charge in [0.05, 0.1) is 6.61 Å². The van der Waals surface area contributed by atoms with E-state index in [1.54, 1.807) is 12.1 Å². The normalized spacial score (nSPS) is 10.4. The first-order chi connectivity index (χ1) is 14.0. The lowest BCUT2D eigenvalue weighted by Gasteiger charge is -2.15. The molecule has 3 rings (SSSR count). The molecular formula is C23H21ClFNO2S. The first-order valence-corrected chi connectivity index (χ1v) is 10.0. The molecule has 0 atom stereocenters. The third-order valence-corrected chi connectivity index (χ3v) is 4.81. The van der Waals surface area contributed by atoms with Crippen molar-refractivity contribution in [2.24, 2.45) is 0 Å². The highest BCUT2D eigenvalue weighted by molar-refractivity contribution is 7.80. The Morgan fingerprint density at radius 1 is 0.931 bits per heavy atom. The molecule has 3 aromatic rings. The molecule has 0 bridgehead atoms. The molecule has 0 aliphatic heterocycles. The second-order valence-electron chi connectivity index (χ2n) is 6.32. The van der Waals surface area contributed by atoms with Crippen molar-refractivity contribution in [3.8, 4) is 11.5 Å². The van der Waals surface area contributed by atoms with E-state index in [-0.39, 0.29) is 5.82 Å². The van der Waals surface area contributed by atoms with Crippen LogP contribution >= 0.6 is 23.8 Å². The van der Waals surface area contributed by atoms with Crippen molar-refractivity contribution >= 4 is 28.8 Å².